The molecule has 1 aromatic carbocycles. The summed E-state index contributed by atoms with van der Waals surface area (Å²) in [5.74, 6) is 0.645. The summed E-state index contributed by atoms with van der Waals surface area (Å²) in [5, 5.41) is 16.4. The molecule has 26 heavy (non-hydrogen) atoms. The van der Waals surface area contributed by atoms with E-state index in [9.17, 15) is 9.50 Å². The van der Waals surface area contributed by atoms with E-state index in [2.05, 4.69) is 27.4 Å². The highest BCUT2D eigenvalue weighted by Crippen LogP contribution is 2.18. The van der Waals surface area contributed by atoms with Gasteiger partial charge in [-0.3, -0.25) is 4.99 Å². The Labute approximate surface area is 173 Å². The predicted octanol–water partition coefficient (Wildman–Crippen LogP) is 2.73. The first-order chi connectivity index (χ1) is 12.1. The lowest BCUT2D eigenvalue weighted by Crippen LogP contribution is -2.45. The Hall–Kier alpha value is -0.930. The number of hydrogen-bond acceptors (Lipinski definition) is 3. The summed E-state index contributed by atoms with van der Waals surface area (Å²) in [6.07, 6.45) is 3.54. The number of halogens is 2. The molecule has 1 aromatic rings. The highest BCUT2D eigenvalue weighted by Gasteiger charge is 2.19. The molecule has 1 saturated carbocycles. The van der Waals surface area contributed by atoms with E-state index in [-0.39, 0.29) is 35.9 Å². The second-order valence-electron chi connectivity index (χ2n) is 6.77. The van der Waals surface area contributed by atoms with Gasteiger partial charge in [0, 0.05) is 25.7 Å². The lowest BCUT2D eigenvalue weighted by Gasteiger charge is -2.27. The molecular weight excluding hydrogens is 446 g/mol. The number of aliphatic hydroxyl groups excluding tert-OH is 1. The van der Waals surface area contributed by atoms with E-state index in [4.69, 9.17) is 0 Å². The maximum atomic E-state index is 12.9. The average molecular weight is 478 g/mol. The third kappa shape index (κ3) is 8.64. The van der Waals surface area contributed by atoms with Crippen molar-refractivity contribution < 1.29 is 9.50 Å². The Kier molecular flexibility index (Phi) is 11.1. The van der Waals surface area contributed by atoms with Crippen LogP contribution >= 0.6 is 24.0 Å². The second kappa shape index (κ2) is 12.5. The molecule has 2 rings (SSSR count). The lowest BCUT2D eigenvalue weighted by atomic mass is 9.93. The summed E-state index contributed by atoms with van der Waals surface area (Å²) < 4.78 is 12.9. The van der Waals surface area contributed by atoms with Crippen LogP contribution < -0.4 is 10.6 Å². The molecule has 0 unspecified atom stereocenters. The molecule has 0 aromatic heterocycles. The summed E-state index contributed by atoms with van der Waals surface area (Å²) in [4.78, 5) is 6.83. The molecule has 148 valence electrons. The van der Waals surface area contributed by atoms with Gasteiger partial charge in [-0.25, -0.2) is 4.39 Å². The van der Waals surface area contributed by atoms with Gasteiger partial charge < -0.3 is 20.6 Å². The first-order valence-electron chi connectivity index (χ1n) is 9.22. The van der Waals surface area contributed by atoms with Gasteiger partial charge in [-0.1, -0.05) is 12.1 Å². The van der Waals surface area contributed by atoms with Gasteiger partial charge >= 0.3 is 0 Å². The van der Waals surface area contributed by atoms with Gasteiger partial charge in [-0.15, -0.1) is 24.0 Å². The van der Waals surface area contributed by atoms with E-state index in [0.29, 0.717) is 12.6 Å². The normalized spacial score (nSPS) is 20.6. The summed E-state index contributed by atoms with van der Waals surface area (Å²) in [6.45, 7) is 5.19. The largest absolute Gasteiger partial charge is 0.393 e. The topological polar surface area (TPSA) is 59.9 Å². The number of nitrogens with zero attached hydrogens (tertiary/aromatic N) is 2. The fourth-order valence-corrected chi connectivity index (χ4v) is 3.05. The SMILES string of the molecule is CCNC(=NCCN(C)Cc1ccc(F)cc1)NC1CCC(O)CC1.I. The minimum atomic E-state index is -0.201. The molecule has 1 fully saturated rings. The maximum Gasteiger partial charge on any atom is 0.191 e. The zero-order valence-electron chi connectivity index (χ0n) is 15.7. The molecule has 0 saturated heterocycles. The molecule has 5 nitrogen and oxygen atoms in total. The fourth-order valence-electron chi connectivity index (χ4n) is 3.05. The molecular formula is C19H32FIN4O. The van der Waals surface area contributed by atoms with Crippen molar-refractivity contribution in [1.82, 2.24) is 15.5 Å². The molecule has 0 heterocycles. The fraction of sp³-hybridized carbons (Fsp3) is 0.632. The average Bonchev–Trinajstić information content (AvgIpc) is 2.59. The van der Waals surface area contributed by atoms with Crippen LogP contribution in [0.1, 0.15) is 38.2 Å². The van der Waals surface area contributed by atoms with Crippen LogP contribution in [0.2, 0.25) is 0 Å². The Morgan fingerprint density at radius 2 is 1.88 bits per heavy atom. The lowest BCUT2D eigenvalue weighted by molar-refractivity contribution is 0.120. The van der Waals surface area contributed by atoms with Gasteiger partial charge in [0.05, 0.1) is 12.6 Å². The first kappa shape index (κ1) is 23.1. The summed E-state index contributed by atoms with van der Waals surface area (Å²) in [5.41, 5.74) is 1.10. The number of aliphatic imine (C=N–C) groups is 1. The Morgan fingerprint density at radius 1 is 1.23 bits per heavy atom. The van der Waals surface area contributed by atoms with Crippen LogP contribution in [0.25, 0.3) is 0 Å². The van der Waals surface area contributed by atoms with Crippen LogP contribution in [0.5, 0.6) is 0 Å². The van der Waals surface area contributed by atoms with Crippen molar-refractivity contribution in [3.8, 4) is 0 Å². The van der Waals surface area contributed by atoms with Crippen LogP contribution in [0, 0.1) is 5.82 Å². The van der Waals surface area contributed by atoms with Crippen molar-refractivity contribution in [3.05, 3.63) is 35.6 Å². The molecule has 0 atom stereocenters. The van der Waals surface area contributed by atoms with Crippen molar-refractivity contribution in [2.45, 2.75) is 51.3 Å². The van der Waals surface area contributed by atoms with Crippen molar-refractivity contribution in [2.24, 2.45) is 4.99 Å². The summed E-state index contributed by atoms with van der Waals surface area (Å²) >= 11 is 0. The molecule has 0 bridgehead atoms. The maximum absolute atomic E-state index is 12.9. The van der Waals surface area contributed by atoms with Crippen LogP contribution in [0.4, 0.5) is 4.39 Å². The molecule has 0 radical (unpaired) electrons. The number of benzene rings is 1. The van der Waals surface area contributed by atoms with Gasteiger partial charge in [0.15, 0.2) is 5.96 Å². The summed E-state index contributed by atoms with van der Waals surface area (Å²) in [7, 11) is 2.04. The Bertz CT molecular complexity index is 533. The minimum Gasteiger partial charge on any atom is -0.393 e. The van der Waals surface area contributed by atoms with Crippen molar-refractivity contribution >= 4 is 29.9 Å². The number of likely N-dealkylation sites (N-methyl/N-ethyl adjacent to an activating group) is 1. The van der Waals surface area contributed by atoms with Crippen molar-refractivity contribution in [1.29, 1.82) is 0 Å². The third-order valence-electron chi connectivity index (χ3n) is 4.50. The van der Waals surface area contributed by atoms with Gasteiger partial charge in [-0.05, 0) is 57.4 Å². The standard InChI is InChI=1S/C19H31FN4O.HI/c1-3-21-19(23-17-8-10-18(25)11-9-17)22-12-13-24(2)14-15-4-6-16(20)7-5-15;/h4-7,17-18,25H,3,8-14H2,1-2H3,(H2,21,22,23);1H. The second-order valence-corrected chi connectivity index (χ2v) is 6.77. The molecule has 0 spiro atoms. The number of rotatable bonds is 7. The van der Waals surface area contributed by atoms with Crippen LogP contribution in [0.15, 0.2) is 29.3 Å². The number of aliphatic hydroxyl groups is 1. The van der Waals surface area contributed by atoms with Gasteiger partial charge in [0.2, 0.25) is 0 Å². The summed E-state index contributed by atoms with van der Waals surface area (Å²) in [6, 6.07) is 7.01. The van der Waals surface area contributed by atoms with Crippen LogP contribution in [0.3, 0.4) is 0 Å². The number of guanidine groups is 1. The highest BCUT2D eigenvalue weighted by molar-refractivity contribution is 14.0. The van der Waals surface area contributed by atoms with E-state index >= 15 is 0 Å². The molecule has 1 aliphatic rings. The quantitative estimate of drug-likeness (QED) is 0.321. The molecule has 0 amide bonds. The Morgan fingerprint density at radius 3 is 2.50 bits per heavy atom. The van der Waals surface area contributed by atoms with Gasteiger partial charge in [0.1, 0.15) is 5.82 Å². The van der Waals surface area contributed by atoms with Crippen LogP contribution in [-0.4, -0.2) is 54.8 Å². The Balaban J connectivity index is 0.00000338. The van der Waals surface area contributed by atoms with E-state index in [1.165, 1.54) is 12.1 Å². The predicted molar refractivity (Wildman–Crippen MR) is 116 cm³/mol. The van der Waals surface area contributed by atoms with E-state index in [0.717, 1.165) is 56.8 Å². The smallest absolute Gasteiger partial charge is 0.191 e. The van der Waals surface area contributed by atoms with E-state index in [1.807, 2.05) is 19.2 Å². The molecule has 7 heteroatoms. The van der Waals surface area contributed by atoms with E-state index < -0.39 is 0 Å². The minimum absolute atomic E-state index is 0. The molecule has 1 aliphatic carbocycles. The monoisotopic (exact) mass is 478 g/mol. The van der Waals surface area contributed by atoms with Crippen LogP contribution in [-0.2, 0) is 6.54 Å². The zero-order valence-corrected chi connectivity index (χ0v) is 18.1. The van der Waals surface area contributed by atoms with Crippen molar-refractivity contribution in [2.75, 3.05) is 26.7 Å². The van der Waals surface area contributed by atoms with Gasteiger partial charge in [-0.2, -0.15) is 0 Å². The van der Waals surface area contributed by atoms with Gasteiger partial charge in [0.25, 0.3) is 0 Å². The number of hydrogen-bond donors (Lipinski definition) is 3. The van der Waals surface area contributed by atoms with Crippen molar-refractivity contribution in [3.63, 3.8) is 0 Å². The highest BCUT2D eigenvalue weighted by atomic mass is 127. The zero-order chi connectivity index (χ0) is 18.1. The van der Waals surface area contributed by atoms with E-state index in [1.54, 1.807) is 0 Å². The first-order valence-corrected chi connectivity index (χ1v) is 9.22. The molecule has 0 aliphatic heterocycles. The molecule has 3 N–H and O–H groups in total. The third-order valence-corrected chi connectivity index (χ3v) is 4.50. The number of nitrogens with one attached hydrogen (secondary N) is 2.